The predicted octanol–water partition coefficient (Wildman–Crippen LogP) is 2.69. The summed E-state index contributed by atoms with van der Waals surface area (Å²) in [6, 6.07) is 0. The van der Waals surface area contributed by atoms with E-state index in [0.717, 1.165) is 24.2 Å². The van der Waals surface area contributed by atoms with Crippen LogP contribution in [-0.2, 0) is 4.74 Å². The van der Waals surface area contributed by atoms with E-state index in [0.29, 0.717) is 6.10 Å². The molecule has 0 aromatic heterocycles. The highest BCUT2D eigenvalue weighted by atomic mass is 32.1. The van der Waals surface area contributed by atoms with Crippen molar-refractivity contribution in [1.82, 2.24) is 4.90 Å². The van der Waals surface area contributed by atoms with Crippen molar-refractivity contribution in [3.63, 3.8) is 0 Å². The molecular weight excluding hydrogens is 218 g/mol. The maximum atomic E-state index is 5.67. The molecule has 1 atom stereocenters. The normalized spacial score (nSPS) is 21.6. The molecule has 0 saturated carbocycles. The smallest absolute Gasteiger partial charge is 0.0599 e. The van der Waals surface area contributed by atoms with E-state index in [2.05, 4.69) is 38.3 Å². The summed E-state index contributed by atoms with van der Waals surface area (Å²) in [5, 5.41) is 0. The molecule has 3 heteroatoms. The van der Waals surface area contributed by atoms with Gasteiger partial charge in [0, 0.05) is 26.2 Å². The summed E-state index contributed by atoms with van der Waals surface area (Å²) >= 11 is 4.45. The zero-order chi connectivity index (χ0) is 12.0. The molecule has 0 bridgehead atoms. The van der Waals surface area contributed by atoms with Crippen LogP contribution in [-0.4, -0.2) is 43.0 Å². The van der Waals surface area contributed by atoms with Crippen LogP contribution in [0.15, 0.2) is 0 Å². The van der Waals surface area contributed by atoms with Gasteiger partial charge in [0.15, 0.2) is 0 Å². The molecule has 96 valence electrons. The molecule has 1 saturated heterocycles. The van der Waals surface area contributed by atoms with Gasteiger partial charge in [-0.3, -0.25) is 0 Å². The maximum absolute atomic E-state index is 5.67. The molecule has 16 heavy (non-hydrogen) atoms. The van der Waals surface area contributed by atoms with Crippen molar-refractivity contribution in [2.24, 2.45) is 11.8 Å². The number of thiol groups is 1. The van der Waals surface area contributed by atoms with Crippen LogP contribution in [0.2, 0.25) is 0 Å². The van der Waals surface area contributed by atoms with E-state index in [1.807, 2.05) is 0 Å². The lowest BCUT2D eigenvalue weighted by Crippen LogP contribution is -2.41. The average molecular weight is 245 g/mol. The average Bonchev–Trinajstić information content (AvgIpc) is 2.28. The third kappa shape index (κ3) is 4.64. The first-order chi connectivity index (χ1) is 7.67. The van der Waals surface area contributed by atoms with E-state index in [4.69, 9.17) is 4.74 Å². The number of hydrogen-bond donors (Lipinski definition) is 1. The number of ether oxygens (including phenoxy) is 1. The minimum atomic E-state index is 0.509. The molecule has 0 radical (unpaired) electrons. The van der Waals surface area contributed by atoms with Gasteiger partial charge in [-0.1, -0.05) is 13.8 Å². The Labute approximate surface area is 106 Å². The molecule has 0 aromatic rings. The molecule has 1 heterocycles. The lowest BCUT2D eigenvalue weighted by atomic mass is 9.96. The number of rotatable bonds is 6. The van der Waals surface area contributed by atoms with Crippen LogP contribution in [0.1, 0.15) is 33.6 Å². The fourth-order valence-corrected chi connectivity index (χ4v) is 2.84. The predicted molar refractivity (Wildman–Crippen MR) is 73.3 cm³/mol. The van der Waals surface area contributed by atoms with Crippen LogP contribution < -0.4 is 0 Å². The Kier molecular flexibility index (Phi) is 6.78. The van der Waals surface area contributed by atoms with E-state index < -0.39 is 0 Å². The van der Waals surface area contributed by atoms with Crippen molar-refractivity contribution >= 4 is 12.6 Å². The van der Waals surface area contributed by atoms with Gasteiger partial charge in [0.05, 0.1) is 6.10 Å². The topological polar surface area (TPSA) is 12.5 Å². The first kappa shape index (κ1) is 14.3. The summed E-state index contributed by atoms with van der Waals surface area (Å²) in [6.45, 7) is 11.1. The molecule has 2 nitrogen and oxygen atoms in total. The van der Waals surface area contributed by atoms with E-state index in [1.165, 1.54) is 32.5 Å². The van der Waals surface area contributed by atoms with Gasteiger partial charge in [0.1, 0.15) is 0 Å². The van der Waals surface area contributed by atoms with Crippen LogP contribution in [0.5, 0.6) is 0 Å². The molecule has 0 spiro atoms. The molecule has 0 aromatic carbocycles. The summed E-state index contributed by atoms with van der Waals surface area (Å²) in [6.07, 6.45) is 2.91. The number of nitrogens with zero attached hydrogens (tertiary/aromatic N) is 1. The second kappa shape index (κ2) is 7.57. The third-order valence-electron chi connectivity index (χ3n) is 3.61. The fraction of sp³-hybridized carbons (Fsp3) is 1.00. The minimum absolute atomic E-state index is 0.509. The first-order valence-corrected chi connectivity index (χ1v) is 7.25. The molecule has 1 unspecified atom stereocenters. The standard InChI is InChI=1S/C13H27NOS/c1-4-15-13-5-7-14(8-6-13)9-12(10-16)11(2)3/h11-13,16H,4-10H2,1-3H3. The SMILES string of the molecule is CCOC1CCN(CC(CS)C(C)C)CC1. The quantitative estimate of drug-likeness (QED) is 0.722. The monoisotopic (exact) mass is 245 g/mol. The van der Waals surface area contributed by atoms with Gasteiger partial charge in [-0.15, -0.1) is 0 Å². The minimum Gasteiger partial charge on any atom is -0.378 e. The van der Waals surface area contributed by atoms with E-state index in [9.17, 15) is 0 Å². The Hall–Kier alpha value is 0.270. The van der Waals surface area contributed by atoms with E-state index in [-0.39, 0.29) is 0 Å². The Bertz CT molecular complexity index is 179. The summed E-state index contributed by atoms with van der Waals surface area (Å²) in [7, 11) is 0. The van der Waals surface area contributed by atoms with Crippen LogP contribution in [0, 0.1) is 11.8 Å². The summed E-state index contributed by atoms with van der Waals surface area (Å²) in [5.74, 6) is 2.47. The molecule has 1 aliphatic heterocycles. The number of likely N-dealkylation sites (tertiary alicyclic amines) is 1. The van der Waals surface area contributed by atoms with E-state index >= 15 is 0 Å². The lowest BCUT2D eigenvalue weighted by Gasteiger charge is -2.34. The molecule has 1 fully saturated rings. The Morgan fingerprint density at radius 1 is 1.31 bits per heavy atom. The van der Waals surface area contributed by atoms with E-state index in [1.54, 1.807) is 0 Å². The van der Waals surface area contributed by atoms with Crippen molar-refractivity contribution in [3.05, 3.63) is 0 Å². The molecule has 1 aliphatic rings. The molecular formula is C13H27NOS. The van der Waals surface area contributed by atoms with Gasteiger partial charge < -0.3 is 9.64 Å². The zero-order valence-corrected chi connectivity index (χ0v) is 11.9. The van der Waals surface area contributed by atoms with Crippen LogP contribution >= 0.6 is 12.6 Å². The van der Waals surface area contributed by atoms with Gasteiger partial charge in [0.2, 0.25) is 0 Å². The third-order valence-corrected chi connectivity index (χ3v) is 4.08. The van der Waals surface area contributed by atoms with Crippen molar-refractivity contribution < 1.29 is 4.74 Å². The Morgan fingerprint density at radius 3 is 2.38 bits per heavy atom. The van der Waals surface area contributed by atoms with Crippen molar-refractivity contribution in [3.8, 4) is 0 Å². The Balaban J connectivity index is 2.25. The second-order valence-corrected chi connectivity index (χ2v) is 5.51. The number of piperidine rings is 1. The second-order valence-electron chi connectivity index (χ2n) is 5.14. The number of hydrogen-bond acceptors (Lipinski definition) is 3. The summed E-state index contributed by atoms with van der Waals surface area (Å²) in [4.78, 5) is 2.58. The highest BCUT2D eigenvalue weighted by Crippen LogP contribution is 2.19. The molecule has 0 amide bonds. The van der Waals surface area contributed by atoms with Crippen molar-refractivity contribution in [2.75, 3.05) is 32.0 Å². The van der Waals surface area contributed by atoms with Gasteiger partial charge >= 0.3 is 0 Å². The highest BCUT2D eigenvalue weighted by Gasteiger charge is 2.22. The van der Waals surface area contributed by atoms with Crippen LogP contribution in [0.25, 0.3) is 0 Å². The largest absolute Gasteiger partial charge is 0.378 e. The van der Waals surface area contributed by atoms with Gasteiger partial charge in [0.25, 0.3) is 0 Å². The Morgan fingerprint density at radius 2 is 1.94 bits per heavy atom. The lowest BCUT2D eigenvalue weighted by molar-refractivity contribution is 0.0104. The molecule has 0 aliphatic carbocycles. The van der Waals surface area contributed by atoms with Gasteiger partial charge in [-0.05, 0) is 37.4 Å². The summed E-state index contributed by atoms with van der Waals surface area (Å²) < 4.78 is 5.67. The fourth-order valence-electron chi connectivity index (χ4n) is 2.31. The van der Waals surface area contributed by atoms with Gasteiger partial charge in [-0.25, -0.2) is 0 Å². The van der Waals surface area contributed by atoms with Crippen LogP contribution in [0.4, 0.5) is 0 Å². The van der Waals surface area contributed by atoms with Gasteiger partial charge in [-0.2, -0.15) is 12.6 Å². The first-order valence-electron chi connectivity index (χ1n) is 6.62. The zero-order valence-electron chi connectivity index (χ0n) is 11.0. The summed E-state index contributed by atoms with van der Waals surface area (Å²) in [5.41, 5.74) is 0. The molecule has 1 rings (SSSR count). The maximum Gasteiger partial charge on any atom is 0.0599 e. The highest BCUT2D eigenvalue weighted by molar-refractivity contribution is 7.80. The molecule has 0 N–H and O–H groups in total. The van der Waals surface area contributed by atoms with Crippen LogP contribution in [0.3, 0.4) is 0 Å². The van der Waals surface area contributed by atoms with Crippen molar-refractivity contribution in [1.29, 1.82) is 0 Å². The van der Waals surface area contributed by atoms with Crippen molar-refractivity contribution in [2.45, 2.75) is 39.7 Å².